The molecule has 0 unspecified atom stereocenters. The first-order valence-electron chi connectivity index (χ1n) is 6.86. The number of hydrogen-bond acceptors (Lipinski definition) is 1. The Morgan fingerprint density at radius 1 is 1.05 bits per heavy atom. The van der Waals surface area contributed by atoms with Gasteiger partial charge in [0.2, 0.25) is 0 Å². The van der Waals surface area contributed by atoms with Crippen molar-refractivity contribution in [2.24, 2.45) is 0 Å². The molecular weight excluding hydrogens is 308 g/mol. The summed E-state index contributed by atoms with van der Waals surface area (Å²) in [6.45, 7) is 6.66. The average Bonchev–Trinajstić information content (AvgIpc) is 2.41. The Kier molecular flexibility index (Phi) is 5.26. The highest BCUT2D eigenvalue weighted by Gasteiger charge is 2.11. The first-order chi connectivity index (χ1) is 9.88. The molecule has 112 valence electrons. The molecule has 0 aliphatic carbocycles. The van der Waals surface area contributed by atoms with E-state index in [1.54, 1.807) is 13.0 Å². The summed E-state index contributed by atoms with van der Waals surface area (Å²) in [5, 5.41) is 4.33. The zero-order chi connectivity index (χ0) is 15.6. The molecule has 1 nitrogen and oxygen atoms in total. The highest BCUT2D eigenvalue weighted by molar-refractivity contribution is 6.36. The van der Waals surface area contributed by atoms with Crippen LogP contribution in [0.5, 0.6) is 0 Å². The van der Waals surface area contributed by atoms with Gasteiger partial charge in [-0.1, -0.05) is 49.2 Å². The number of rotatable bonds is 4. The minimum Gasteiger partial charge on any atom is -0.310 e. The second-order valence-electron chi connectivity index (χ2n) is 5.43. The normalized spacial score (nSPS) is 11.2. The van der Waals surface area contributed by atoms with Crippen molar-refractivity contribution < 1.29 is 4.39 Å². The van der Waals surface area contributed by atoms with Crippen LogP contribution in [-0.4, -0.2) is 6.04 Å². The number of halogens is 3. The second-order valence-corrected chi connectivity index (χ2v) is 6.25. The summed E-state index contributed by atoms with van der Waals surface area (Å²) in [5.41, 5.74) is 3.23. The quantitative estimate of drug-likeness (QED) is 0.770. The summed E-state index contributed by atoms with van der Waals surface area (Å²) in [6.07, 6.45) is 0. The van der Waals surface area contributed by atoms with E-state index >= 15 is 0 Å². The van der Waals surface area contributed by atoms with Gasteiger partial charge in [0, 0.05) is 28.7 Å². The van der Waals surface area contributed by atoms with Crippen LogP contribution in [-0.2, 0) is 6.54 Å². The van der Waals surface area contributed by atoms with E-state index in [0.717, 1.165) is 23.2 Å². The predicted octanol–water partition coefficient (Wildman–Crippen LogP) is 5.61. The van der Waals surface area contributed by atoms with E-state index in [1.807, 2.05) is 18.2 Å². The van der Waals surface area contributed by atoms with Crippen LogP contribution in [0.25, 0.3) is 11.1 Å². The second kappa shape index (κ2) is 6.78. The molecule has 0 atom stereocenters. The predicted molar refractivity (Wildman–Crippen MR) is 88.6 cm³/mol. The monoisotopic (exact) mass is 325 g/mol. The van der Waals surface area contributed by atoms with E-state index in [4.69, 9.17) is 23.2 Å². The molecule has 0 aromatic heterocycles. The molecule has 0 spiro atoms. The van der Waals surface area contributed by atoms with Crippen molar-refractivity contribution in [1.82, 2.24) is 5.32 Å². The van der Waals surface area contributed by atoms with Crippen molar-refractivity contribution in [2.45, 2.75) is 33.4 Å². The van der Waals surface area contributed by atoms with Gasteiger partial charge in [-0.15, -0.1) is 0 Å². The van der Waals surface area contributed by atoms with Crippen LogP contribution < -0.4 is 5.32 Å². The summed E-state index contributed by atoms with van der Waals surface area (Å²) in [5.74, 6) is -0.308. The lowest BCUT2D eigenvalue weighted by molar-refractivity contribution is 0.589. The molecule has 1 N–H and O–H groups in total. The van der Waals surface area contributed by atoms with Gasteiger partial charge < -0.3 is 5.32 Å². The molecule has 4 heteroatoms. The van der Waals surface area contributed by atoms with Gasteiger partial charge in [0.05, 0.1) is 5.02 Å². The van der Waals surface area contributed by atoms with Crippen molar-refractivity contribution >= 4 is 23.2 Å². The fraction of sp³-hybridized carbons (Fsp3) is 0.294. The van der Waals surface area contributed by atoms with Gasteiger partial charge in [0.15, 0.2) is 0 Å². The summed E-state index contributed by atoms with van der Waals surface area (Å²) in [4.78, 5) is 0. The van der Waals surface area contributed by atoms with E-state index in [2.05, 4.69) is 19.2 Å². The van der Waals surface area contributed by atoms with Gasteiger partial charge in [-0.05, 0) is 36.2 Å². The van der Waals surface area contributed by atoms with Crippen molar-refractivity contribution in [3.8, 4) is 11.1 Å². The maximum absolute atomic E-state index is 13.5. The minimum atomic E-state index is -0.308. The molecule has 0 aliphatic rings. The molecular formula is C17H18Cl2FN. The van der Waals surface area contributed by atoms with Crippen molar-refractivity contribution in [3.05, 3.63) is 57.3 Å². The van der Waals surface area contributed by atoms with Crippen molar-refractivity contribution in [3.63, 3.8) is 0 Å². The molecule has 0 bridgehead atoms. The van der Waals surface area contributed by atoms with E-state index in [-0.39, 0.29) is 5.82 Å². The molecule has 2 aromatic rings. The molecule has 0 fully saturated rings. The standard InChI is InChI=1S/C17H18Cl2FN/c1-10(2)21-9-12-4-5-13(15(18)7-12)14-6-11(3)17(20)8-16(14)19/h4-8,10,21H,9H2,1-3H3. The third-order valence-corrected chi connectivity index (χ3v) is 3.91. The van der Waals surface area contributed by atoms with E-state index in [1.165, 1.54) is 6.07 Å². The van der Waals surface area contributed by atoms with E-state index in [0.29, 0.717) is 21.7 Å². The fourth-order valence-corrected chi connectivity index (χ4v) is 2.63. The molecule has 0 aliphatic heterocycles. The smallest absolute Gasteiger partial charge is 0.127 e. The first kappa shape index (κ1) is 16.3. The van der Waals surface area contributed by atoms with Gasteiger partial charge in [0.25, 0.3) is 0 Å². The van der Waals surface area contributed by atoms with Gasteiger partial charge in [0.1, 0.15) is 5.82 Å². The van der Waals surface area contributed by atoms with Gasteiger partial charge in [-0.3, -0.25) is 0 Å². The molecule has 0 heterocycles. The lowest BCUT2D eigenvalue weighted by atomic mass is 10.0. The summed E-state index contributed by atoms with van der Waals surface area (Å²) < 4.78 is 13.5. The molecule has 0 amide bonds. The highest BCUT2D eigenvalue weighted by Crippen LogP contribution is 2.35. The van der Waals surface area contributed by atoms with E-state index in [9.17, 15) is 4.39 Å². The SMILES string of the molecule is Cc1cc(-c2ccc(CNC(C)C)cc2Cl)c(Cl)cc1F. The largest absolute Gasteiger partial charge is 0.310 e. The number of hydrogen-bond donors (Lipinski definition) is 1. The molecule has 2 aromatic carbocycles. The van der Waals surface area contributed by atoms with Crippen LogP contribution in [0.15, 0.2) is 30.3 Å². The van der Waals surface area contributed by atoms with E-state index < -0.39 is 0 Å². The fourth-order valence-electron chi connectivity index (χ4n) is 2.07. The molecule has 0 saturated carbocycles. The highest BCUT2D eigenvalue weighted by atomic mass is 35.5. The van der Waals surface area contributed by atoms with Crippen LogP contribution in [0.2, 0.25) is 10.0 Å². The maximum Gasteiger partial charge on any atom is 0.127 e. The van der Waals surface area contributed by atoms with Crippen LogP contribution in [0.1, 0.15) is 25.0 Å². The zero-order valence-electron chi connectivity index (χ0n) is 12.3. The van der Waals surface area contributed by atoms with Gasteiger partial charge >= 0.3 is 0 Å². The number of benzene rings is 2. The average molecular weight is 326 g/mol. The van der Waals surface area contributed by atoms with Gasteiger partial charge in [-0.25, -0.2) is 4.39 Å². The Labute approximate surface area is 135 Å². The lowest BCUT2D eigenvalue weighted by Gasteiger charge is -2.12. The topological polar surface area (TPSA) is 12.0 Å². The van der Waals surface area contributed by atoms with Crippen LogP contribution in [0, 0.1) is 12.7 Å². The third kappa shape index (κ3) is 3.97. The Bertz CT molecular complexity index is 653. The van der Waals surface area contributed by atoms with Crippen LogP contribution >= 0.6 is 23.2 Å². The molecule has 2 rings (SSSR count). The Morgan fingerprint density at radius 3 is 2.33 bits per heavy atom. The zero-order valence-corrected chi connectivity index (χ0v) is 13.8. The first-order valence-corrected chi connectivity index (χ1v) is 7.62. The summed E-state index contributed by atoms with van der Waals surface area (Å²) >= 11 is 12.5. The Morgan fingerprint density at radius 2 is 1.71 bits per heavy atom. The van der Waals surface area contributed by atoms with Gasteiger partial charge in [-0.2, -0.15) is 0 Å². The Hall–Kier alpha value is -1.09. The maximum atomic E-state index is 13.5. The van der Waals surface area contributed by atoms with Crippen molar-refractivity contribution in [2.75, 3.05) is 0 Å². The van der Waals surface area contributed by atoms with Crippen LogP contribution in [0.4, 0.5) is 4.39 Å². The minimum absolute atomic E-state index is 0.308. The Balaban J connectivity index is 2.35. The van der Waals surface area contributed by atoms with Crippen LogP contribution in [0.3, 0.4) is 0 Å². The lowest BCUT2D eigenvalue weighted by Crippen LogP contribution is -2.21. The number of aryl methyl sites for hydroxylation is 1. The molecule has 0 radical (unpaired) electrons. The third-order valence-electron chi connectivity index (χ3n) is 3.29. The number of nitrogens with one attached hydrogen (secondary N) is 1. The molecule has 21 heavy (non-hydrogen) atoms. The summed E-state index contributed by atoms with van der Waals surface area (Å²) in [7, 11) is 0. The van der Waals surface area contributed by atoms with Crippen molar-refractivity contribution in [1.29, 1.82) is 0 Å². The summed E-state index contributed by atoms with van der Waals surface area (Å²) in [6, 6.07) is 9.32. The molecule has 0 saturated heterocycles.